The molecule has 1 unspecified atom stereocenters. The Kier molecular flexibility index (Phi) is 6.87. The SMILES string of the molecule is CCOc1ccc(SCC(=O)NC(C)c2cc3cccc(OCC)c3o2)cc1. The standard InChI is InChI=1S/C22H25NO4S/c1-4-25-17-9-11-18(12-10-17)28-14-21(24)23-15(3)20-13-16-7-6-8-19(26-5-2)22(16)27-20/h6-13,15H,4-5,14H2,1-3H3,(H,23,24). The second-order valence-electron chi connectivity index (χ2n) is 6.24. The molecule has 0 fully saturated rings. The normalized spacial score (nSPS) is 12.0. The molecule has 3 rings (SSSR count). The number of amides is 1. The van der Waals surface area contributed by atoms with Crippen molar-refractivity contribution in [1.29, 1.82) is 0 Å². The summed E-state index contributed by atoms with van der Waals surface area (Å²) in [5.41, 5.74) is 0.712. The number of carbonyl (C=O) groups is 1. The van der Waals surface area contributed by atoms with Crippen LogP contribution in [0.3, 0.4) is 0 Å². The van der Waals surface area contributed by atoms with E-state index in [1.807, 2.05) is 69.3 Å². The van der Waals surface area contributed by atoms with Crippen LogP contribution in [-0.2, 0) is 4.79 Å². The second-order valence-corrected chi connectivity index (χ2v) is 7.29. The third-order valence-corrected chi connectivity index (χ3v) is 5.15. The molecular weight excluding hydrogens is 374 g/mol. The molecule has 0 aliphatic rings. The van der Waals surface area contributed by atoms with Gasteiger partial charge in [0, 0.05) is 10.3 Å². The minimum Gasteiger partial charge on any atom is -0.494 e. The molecular formula is C22H25NO4S. The van der Waals surface area contributed by atoms with Gasteiger partial charge in [-0.15, -0.1) is 11.8 Å². The Bertz CT molecular complexity index is 920. The van der Waals surface area contributed by atoms with Crippen molar-refractivity contribution >= 4 is 28.6 Å². The summed E-state index contributed by atoms with van der Waals surface area (Å²) in [6.45, 7) is 7.02. The fraction of sp³-hybridized carbons (Fsp3) is 0.318. The molecule has 0 aliphatic carbocycles. The molecule has 148 valence electrons. The van der Waals surface area contributed by atoms with Gasteiger partial charge in [0.1, 0.15) is 11.5 Å². The van der Waals surface area contributed by atoms with E-state index in [9.17, 15) is 4.79 Å². The van der Waals surface area contributed by atoms with Gasteiger partial charge in [0.05, 0.1) is 25.0 Å². The number of hydrogen-bond acceptors (Lipinski definition) is 5. The predicted molar refractivity (Wildman–Crippen MR) is 112 cm³/mol. The maximum absolute atomic E-state index is 12.3. The quantitative estimate of drug-likeness (QED) is 0.501. The van der Waals surface area contributed by atoms with E-state index in [1.54, 1.807) is 0 Å². The number of furan rings is 1. The summed E-state index contributed by atoms with van der Waals surface area (Å²) in [7, 11) is 0. The summed E-state index contributed by atoms with van der Waals surface area (Å²) in [5.74, 6) is 2.55. The van der Waals surface area contributed by atoms with Gasteiger partial charge in [-0.05, 0) is 57.2 Å². The third-order valence-electron chi connectivity index (χ3n) is 4.14. The van der Waals surface area contributed by atoms with E-state index in [4.69, 9.17) is 13.9 Å². The number of ether oxygens (including phenoxy) is 2. The number of thioether (sulfide) groups is 1. The number of para-hydroxylation sites is 1. The summed E-state index contributed by atoms with van der Waals surface area (Å²) in [6.07, 6.45) is 0. The molecule has 1 aromatic heterocycles. The van der Waals surface area contributed by atoms with Gasteiger partial charge >= 0.3 is 0 Å². The predicted octanol–water partition coefficient (Wildman–Crippen LogP) is 5.20. The summed E-state index contributed by atoms with van der Waals surface area (Å²) < 4.78 is 17.0. The van der Waals surface area contributed by atoms with E-state index >= 15 is 0 Å². The van der Waals surface area contributed by atoms with Crippen molar-refractivity contribution in [2.45, 2.75) is 31.7 Å². The van der Waals surface area contributed by atoms with E-state index in [2.05, 4.69) is 5.32 Å². The molecule has 0 radical (unpaired) electrons. The first-order valence-electron chi connectivity index (χ1n) is 9.41. The van der Waals surface area contributed by atoms with Crippen LogP contribution in [0, 0.1) is 0 Å². The highest BCUT2D eigenvalue weighted by Crippen LogP contribution is 2.31. The van der Waals surface area contributed by atoms with Crippen molar-refractivity contribution in [3.8, 4) is 11.5 Å². The second kappa shape index (κ2) is 9.55. The van der Waals surface area contributed by atoms with Crippen LogP contribution in [0.1, 0.15) is 32.6 Å². The first kappa shape index (κ1) is 20.1. The number of benzene rings is 2. The van der Waals surface area contributed by atoms with Crippen LogP contribution in [0.4, 0.5) is 0 Å². The lowest BCUT2D eigenvalue weighted by molar-refractivity contribution is -0.119. The van der Waals surface area contributed by atoms with Crippen LogP contribution in [0.5, 0.6) is 11.5 Å². The van der Waals surface area contributed by atoms with Crippen LogP contribution in [0.15, 0.2) is 57.8 Å². The molecule has 28 heavy (non-hydrogen) atoms. The number of hydrogen-bond donors (Lipinski definition) is 1. The Morgan fingerprint density at radius 1 is 1.11 bits per heavy atom. The Balaban J connectivity index is 1.58. The van der Waals surface area contributed by atoms with Gasteiger partial charge < -0.3 is 19.2 Å². The molecule has 5 nitrogen and oxygen atoms in total. The zero-order chi connectivity index (χ0) is 19.9. The maximum atomic E-state index is 12.3. The Hall–Kier alpha value is -2.60. The van der Waals surface area contributed by atoms with Crippen molar-refractivity contribution in [3.05, 3.63) is 54.3 Å². The fourth-order valence-electron chi connectivity index (χ4n) is 2.84. The van der Waals surface area contributed by atoms with Crippen molar-refractivity contribution in [2.24, 2.45) is 0 Å². The molecule has 0 bridgehead atoms. The Morgan fingerprint density at radius 2 is 1.86 bits per heavy atom. The van der Waals surface area contributed by atoms with Crippen LogP contribution >= 0.6 is 11.8 Å². The lowest BCUT2D eigenvalue weighted by Gasteiger charge is -2.11. The smallest absolute Gasteiger partial charge is 0.230 e. The molecule has 0 saturated heterocycles. The fourth-order valence-corrected chi connectivity index (χ4v) is 3.55. The highest BCUT2D eigenvalue weighted by atomic mass is 32.2. The molecule has 0 saturated carbocycles. The van der Waals surface area contributed by atoms with Gasteiger partial charge in [-0.25, -0.2) is 0 Å². The lowest BCUT2D eigenvalue weighted by atomic mass is 10.2. The first-order chi connectivity index (χ1) is 13.6. The van der Waals surface area contributed by atoms with Gasteiger partial charge in [0.25, 0.3) is 0 Å². The van der Waals surface area contributed by atoms with Crippen LogP contribution in [0.2, 0.25) is 0 Å². The van der Waals surface area contributed by atoms with Gasteiger partial charge in [-0.2, -0.15) is 0 Å². The molecule has 0 aliphatic heterocycles. The van der Waals surface area contributed by atoms with E-state index < -0.39 is 0 Å². The van der Waals surface area contributed by atoms with Gasteiger partial charge in [-0.1, -0.05) is 12.1 Å². The molecule has 1 amide bonds. The molecule has 2 aromatic carbocycles. The van der Waals surface area contributed by atoms with Crippen molar-refractivity contribution in [3.63, 3.8) is 0 Å². The van der Waals surface area contributed by atoms with Crippen molar-refractivity contribution < 1.29 is 18.7 Å². The average Bonchev–Trinajstić information content (AvgIpc) is 3.13. The number of fused-ring (bicyclic) bond motifs is 1. The molecule has 0 spiro atoms. The highest BCUT2D eigenvalue weighted by Gasteiger charge is 2.16. The van der Waals surface area contributed by atoms with E-state index in [1.165, 1.54) is 11.8 Å². The van der Waals surface area contributed by atoms with E-state index in [0.29, 0.717) is 30.3 Å². The summed E-state index contributed by atoms with van der Waals surface area (Å²) in [6, 6.07) is 15.3. The van der Waals surface area contributed by atoms with Crippen molar-refractivity contribution in [1.82, 2.24) is 5.32 Å². The zero-order valence-corrected chi connectivity index (χ0v) is 17.2. The highest BCUT2D eigenvalue weighted by molar-refractivity contribution is 8.00. The van der Waals surface area contributed by atoms with Gasteiger partial charge in [0.15, 0.2) is 11.3 Å². The minimum absolute atomic E-state index is 0.0446. The topological polar surface area (TPSA) is 60.7 Å². The molecule has 3 aromatic rings. The average molecular weight is 400 g/mol. The Labute approximate surface area is 169 Å². The first-order valence-corrected chi connectivity index (χ1v) is 10.4. The van der Waals surface area contributed by atoms with Crippen LogP contribution in [-0.4, -0.2) is 24.9 Å². The molecule has 1 atom stereocenters. The number of carbonyl (C=O) groups excluding carboxylic acids is 1. The summed E-state index contributed by atoms with van der Waals surface area (Å²) in [4.78, 5) is 13.4. The van der Waals surface area contributed by atoms with Crippen molar-refractivity contribution in [2.75, 3.05) is 19.0 Å². The van der Waals surface area contributed by atoms with E-state index in [-0.39, 0.29) is 11.9 Å². The Morgan fingerprint density at radius 3 is 2.57 bits per heavy atom. The lowest BCUT2D eigenvalue weighted by Crippen LogP contribution is -2.27. The summed E-state index contributed by atoms with van der Waals surface area (Å²) >= 11 is 1.49. The molecule has 1 N–H and O–H groups in total. The third kappa shape index (κ3) is 5.01. The zero-order valence-electron chi connectivity index (χ0n) is 16.4. The minimum atomic E-state index is -0.227. The number of nitrogens with one attached hydrogen (secondary N) is 1. The monoisotopic (exact) mass is 399 g/mol. The molecule has 1 heterocycles. The number of rotatable bonds is 9. The van der Waals surface area contributed by atoms with Crippen LogP contribution < -0.4 is 14.8 Å². The van der Waals surface area contributed by atoms with Gasteiger partial charge in [-0.3, -0.25) is 4.79 Å². The van der Waals surface area contributed by atoms with Gasteiger partial charge in [0.2, 0.25) is 5.91 Å². The summed E-state index contributed by atoms with van der Waals surface area (Å²) in [5, 5.41) is 3.96. The largest absolute Gasteiger partial charge is 0.494 e. The molecule has 6 heteroatoms. The van der Waals surface area contributed by atoms with E-state index in [0.717, 1.165) is 21.8 Å². The maximum Gasteiger partial charge on any atom is 0.230 e. The van der Waals surface area contributed by atoms with Crippen LogP contribution in [0.25, 0.3) is 11.0 Å².